The summed E-state index contributed by atoms with van der Waals surface area (Å²) in [5, 5.41) is 0. The number of hydrogen-bond donors (Lipinski definition) is 0. The second-order valence-corrected chi connectivity index (χ2v) is 5.06. The number of methoxy groups -OCH3 is 2. The molecule has 0 spiro atoms. The van der Waals surface area contributed by atoms with Crippen molar-refractivity contribution in [1.29, 1.82) is 0 Å². The zero-order valence-electron chi connectivity index (χ0n) is 13.8. The highest BCUT2D eigenvalue weighted by molar-refractivity contribution is 5.39. The highest BCUT2D eigenvalue weighted by Crippen LogP contribution is 2.27. The van der Waals surface area contributed by atoms with Crippen LogP contribution in [-0.2, 0) is 0 Å². The molecule has 23 heavy (non-hydrogen) atoms. The molecule has 124 valence electrons. The molecular weight excluding hydrogens is 292 g/mol. The van der Waals surface area contributed by atoms with Crippen LogP contribution in [0.5, 0.6) is 23.0 Å². The van der Waals surface area contributed by atoms with Crippen LogP contribution in [0.3, 0.4) is 0 Å². The second-order valence-electron chi connectivity index (χ2n) is 5.06. The fourth-order valence-electron chi connectivity index (χ4n) is 2.22. The van der Waals surface area contributed by atoms with E-state index in [1.54, 1.807) is 14.2 Å². The van der Waals surface area contributed by atoms with Gasteiger partial charge in [-0.05, 0) is 43.5 Å². The van der Waals surface area contributed by atoms with Crippen molar-refractivity contribution in [1.82, 2.24) is 0 Å². The number of para-hydroxylation sites is 4. The summed E-state index contributed by atoms with van der Waals surface area (Å²) in [7, 11) is 3.30. The summed E-state index contributed by atoms with van der Waals surface area (Å²) in [5.41, 5.74) is 0. The Balaban J connectivity index is 1.61. The third kappa shape index (κ3) is 5.40. The first kappa shape index (κ1) is 17.0. The Hall–Kier alpha value is -2.36. The predicted molar refractivity (Wildman–Crippen MR) is 90.8 cm³/mol. The number of ether oxygens (including phenoxy) is 4. The Morgan fingerprint density at radius 2 is 0.957 bits per heavy atom. The van der Waals surface area contributed by atoms with Crippen LogP contribution in [-0.4, -0.2) is 27.4 Å². The Morgan fingerprint density at radius 1 is 0.565 bits per heavy atom. The van der Waals surface area contributed by atoms with Crippen LogP contribution >= 0.6 is 0 Å². The van der Waals surface area contributed by atoms with Crippen molar-refractivity contribution in [2.75, 3.05) is 27.4 Å². The molecule has 0 aliphatic carbocycles. The summed E-state index contributed by atoms with van der Waals surface area (Å²) in [6.45, 7) is 1.35. The van der Waals surface area contributed by atoms with Gasteiger partial charge in [0.15, 0.2) is 23.0 Å². The maximum atomic E-state index is 5.74. The molecule has 0 atom stereocenters. The number of rotatable bonds is 10. The standard InChI is InChI=1S/C19H24O4/c1-20-16-10-4-6-12-18(16)22-14-8-3-9-15-23-19-13-7-5-11-17(19)21-2/h4-7,10-13H,3,8-9,14-15H2,1-2H3. The van der Waals surface area contributed by atoms with E-state index in [9.17, 15) is 0 Å². The SMILES string of the molecule is COc1ccccc1OCCCCCOc1ccccc1OC. The van der Waals surface area contributed by atoms with Crippen LogP contribution in [0.2, 0.25) is 0 Å². The normalized spacial score (nSPS) is 10.2. The molecule has 0 saturated carbocycles. The molecular formula is C19H24O4. The van der Waals surface area contributed by atoms with E-state index in [1.807, 2.05) is 48.5 Å². The zero-order valence-corrected chi connectivity index (χ0v) is 13.8. The lowest BCUT2D eigenvalue weighted by molar-refractivity contribution is 0.264. The molecule has 2 rings (SSSR count). The highest BCUT2D eigenvalue weighted by Gasteiger charge is 2.03. The van der Waals surface area contributed by atoms with E-state index in [1.165, 1.54) is 0 Å². The second kappa shape index (κ2) is 9.62. The first-order chi connectivity index (χ1) is 11.3. The summed E-state index contributed by atoms with van der Waals surface area (Å²) in [4.78, 5) is 0. The van der Waals surface area contributed by atoms with Crippen molar-refractivity contribution in [2.24, 2.45) is 0 Å². The smallest absolute Gasteiger partial charge is 0.161 e. The van der Waals surface area contributed by atoms with Crippen molar-refractivity contribution in [2.45, 2.75) is 19.3 Å². The van der Waals surface area contributed by atoms with Gasteiger partial charge in [-0.15, -0.1) is 0 Å². The highest BCUT2D eigenvalue weighted by atomic mass is 16.5. The third-order valence-electron chi connectivity index (χ3n) is 3.44. The van der Waals surface area contributed by atoms with E-state index in [-0.39, 0.29) is 0 Å². The zero-order chi connectivity index (χ0) is 16.3. The average molecular weight is 316 g/mol. The predicted octanol–water partition coefficient (Wildman–Crippen LogP) is 4.33. The first-order valence-corrected chi connectivity index (χ1v) is 7.87. The lowest BCUT2D eigenvalue weighted by atomic mass is 10.2. The molecule has 4 heteroatoms. The molecule has 0 aliphatic rings. The van der Waals surface area contributed by atoms with Crippen LogP contribution in [0.15, 0.2) is 48.5 Å². The van der Waals surface area contributed by atoms with Gasteiger partial charge < -0.3 is 18.9 Å². The Morgan fingerprint density at radius 3 is 1.35 bits per heavy atom. The monoisotopic (exact) mass is 316 g/mol. The summed E-state index contributed by atoms with van der Waals surface area (Å²) >= 11 is 0. The van der Waals surface area contributed by atoms with E-state index in [2.05, 4.69) is 0 Å². The van der Waals surface area contributed by atoms with E-state index < -0.39 is 0 Å². The maximum Gasteiger partial charge on any atom is 0.161 e. The van der Waals surface area contributed by atoms with Gasteiger partial charge in [0, 0.05) is 0 Å². The molecule has 0 bridgehead atoms. The minimum Gasteiger partial charge on any atom is -0.493 e. The lowest BCUT2D eigenvalue weighted by Gasteiger charge is -2.11. The quantitative estimate of drug-likeness (QED) is 0.611. The Labute approximate surface area is 137 Å². The molecule has 0 N–H and O–H groups in total. The van der Waals surface area contributed by atoms with Crippen LogP contribution < -0.4 is 18.9 Å². The Kier molecular flexibility index (Phi) is 7.11. The van der Waals surface area contributed by atoms with Gasteiger partial charge in [-0.1, -0.05) is 24.3 Å². The van der Waals surface area contributed by atoms with Crippen molar-refractivity contribution < 1.29 is 18.9 Å². The van der Waals surface area contributed by atoms with Gasteiger partial charge in [0.2, 0.25) is 0 Å². The molecule has 0 fully saturated rings. The molecule has 0 heterocycles. The lowest BCUT2D eigenvalue weighted by Crippen LogP contribution is -2.02. The molecule has 2 aromatic rings. The average Bonchev–Trinajstić information content (AvgIpc) is 2.61. The van der Waals surface area contributed by atoms with Gasteiger partial charge in [0.25, 0.3) is 0 Å². The Bertz CT molecular complexity index is 532. The molecule has 0 saturated heterocycles. The first-order valence-electron chi connectivity index (χ1n) is 7.87. The van der Waals surface area contributed by atoms with Crippen LogP contribution in [0.25, 0.3) is 0 Å². The molecule has 0 radical (unpaired) electrons. The van der Waals surface area contributed by atoms with E-state index in [4.69, 9.17) is 18.9 Å². The minimum atomic E-state index is 0.676. The van der Waals surface area contributed by atoms with Gasteiger partial charge in [0.1, 0.15) is 0 Å². The number of benzene rings is 2. The van der Waals surface area contributed by atoms with Gasteiger partial charge in [0.05, 0.1) is 27.4 Å². The fraction of sp³-hybridized carbons (Fsp3) is 0.368. The van der Waals surface area contributed by atoms with E-state index in [0.29, 0.717) is 13.2 Å². The molecule has 0 aliphatic heterocycles. The summed E-state index contributed by atoms with van der Waals surface area (Å²) < 4.78 is 22.0. The third-order valence-corrected chi connectivity index (χ3v) is 3.44. The van der Waals surface area contributed by atoms with Crippen molar-refractivity contribution in [3.63, 3.8) is 0 Å². The van der Waals surface area contributed by atoms with Crippen LogP contribution in [0.1, 0.15) is 19.3 Å². The van der Waals surface area contributed by atoms with Crippen molar-refractivity contribution in [3.8, 4) is 23.0 Å². The largest absolute Gasteiger partial charge is 0.493 e. The van der Waals surface area contributed by atoms with Crippen LogP contribution in [0, 0.1) is 0 Å². The molecule has 2 aromatic carbocycles. The fourth-order valence-corrected chi connectivity index (χ4v) is 2.22. The van der Waals surface area contributed by atoms with Crippen molar-refractivity contribution >= 4 is 0 Å². The minimum absolute atomic E-state index is 0.676. The maximum absolute atomic E-state index is 5.74. The topological polar surface area (TPSA) is 36.9 Å². The molecule has 4 nitrogen and oxygen atoms in total. The van der Waals surface area contributed by atoms with Gasteiger partial charge in [-0.3, -0.25) is 0 Å². The summed E-state index contributed by atoms with van der Waals surface area (Å²) in [5.74, 6) is 3.12. The van der Waals surface area contributed by atoms with Crippen molar-refractivity contribution in [3.05, 3.63) is 48.5 Å². The van der Waals surface area contributed by atoms with E-state index in [0.717, 1.165) is 42.3 Å². The molecule has 0 aromatic heterocycles. The molecule has 0 amide bonds. The van der Waals surface area contributed by atoms with Crippen LogP contribution in [0.4, 0.5) is 0 Å². The van der Waals surface area contributed by atoms with Gasteiger partial charge >= 0.3 is 0 Å². The summed E-state index contributed by atoms with van der Waals surface area (Å²) in [6, 6.07) is 15.4. The van der Waals surface area contributed by atoms with E-state index >= 15 is 0 Å². The van der Waals surface area contributed by atoms with Gasteiger partial charge in [-0.25, -0.2) is 0 Å². The van der Waals surface area contributed by atoms with Gasteiger partial charge in [-0.2, -0.15) is 0 Å². The number of unbranched alkanes of at least 4 members (excludes halogenated alkanes) is 2. The summed E-state index contributed by atoms with van der Waals surface area (Å²) in [6.07, 6.45) is 3.00. The molecule has 0 unspecified atom stereocenters. The number of hydrogen-bond acceptors (Lipinski definition) is 4.